The van der Waals surface area contributed by atoms with Crippen molar-refractivity contribution in [2.45, 2.75) is 128 Å². The van der Waals surface area contributed by atoms with E-state index in [0.717, 1.165) is 0 Å². The Labute approximate surface area is 381 Å². The van der Waals surface area contributed by atoms with Gasteiger partial charge in [-0.15, -0.1) is 0 Å². The molecule has 72 heavy (non-hydrogen) atoms. The van der Waals surface area contributed by atoms with E-state index in [1.807, 2.05) is 0 Å². The third kappa shape index (κ3) is 17.8. The summed E-state index contributed by atoms with van der Waals surface area (Å²) >= 11 is 0. The molecular weight excluding hydrogens is 1110 g/mol. The maximum Gasteiger partial charge on any atom is 0.433 e. The summed E-state index contributed by atoms with van der Waals surface area (Å²) in [6.45, 7) is -20.6. The minimum absolute atomic E-state index is 0.261. The van der Waals surface area contributed by atoms with E-state index in [1.54, 1.807) is 18.9 Å². The van der Waals surface area contributed by atoms with E-state index in [4.69, 9.17) is 10.2 Å². The molecule has 0 bridgehead atoms. The molecule has 0 saturated carbocycles. The van der Waals surface area contributed by atoms with Crippen LogP contribution in [0.15, 0.2) is 0 Å². The first-order valence-electron chi connectivity index (χ1n) is 18.5. The fourth-order valence-corrected chi connectivity index (χ4v) is 4.04. The van der Waals surface area contributed by atoms with Gasteiger partial charge in [-0.05, 0) is 25.7 Å². The maximum atomic E-state index is 14.0. The van der Waals surface area contributed by atoms with Crippen LogP contribution in [-0.4, -0.2) is 194 Å². The van der Waals surface area contributed by atoms with Crippen molar-refractivity contribution >= 4 is 0 Å². The summed E-state index contributed by atoms with van der Waals surface area (Å²) in [5, 5.41) is 45.1. The van der Waals surface area contributed by atoms with Crippen LogP contribution in [0.1, 0.15) is 25.7 Å². The van der Waals surface area contributed by atoms with Crippen LogP contribution in [0.25, 0.3) is 0 Å². The molecule has 13 nitrogen and oxygen atoms in total. The number of alkyl halides is 28. The van der Waals surface area contributed by atoms with E-state index in [2.05, 4.69) is 18.9 Å². The minimum atomic E-state index is -8.07. The van der Waals surface area contributed by atoms with Crippen molar-refractivity contribution in [2.24, 2.45) is 0 Å². The highest BCUT2D eigenvalue weighted by molar-refractivity contribution is 4.93. The van der Waals surface area contributed by atoms with Crippen LogP contribution in [0.2, 0.25) is 0 Å². The molecule has 0 fully saturated rings. The van der Waals surface area contributed by atoms with Crippen molar-refractivity contribution in [2.75, 3.05) is 66.1 Å². The van der Waals surface area contributed by atoms with Crippen LogP contribution < -0.4 is 0 Å². The van der Waals surface area contributed by atoms with Gasteiger partial charge in [-0.3, -0.25) is 0 Å². The first kappa shape index (κ1) is 69.5. The summed E-state index contributed by atoms with van der Waals surface area (Å²) in [5.74, 6) is -41.8. The van der Waals surface area contributed by atoms with Gasteiger partial charge in [0.2, 0.25) is 0 Å². The fourth-order valence-electron chi connectivity index (χ4n) is 4.04. The molecule has 0 heterocycles. The van der Waals surface area contributed by atoms with E-state index in [9.17, 15) is 138 Å². The van der Waals surface area contributed by atoms with E-state index in [0.29, 0.717) is 0 Å². The number of rotatable bonds is 38. The van der Waals surface area contributed by atoms with Gasteiger partial charge in [0.15, 0.2) is 0 Å². The molecule has 434 valence electrons. The zero-order valence-electron chi connectivity index (χ0n) is 34.7. The molecule has 0 spiro atoms. The summed E-state index contributed by atoms with van der Waals surface area (Å²) in [4.78, 5) is 0. The largest absolute Gasteiger partial charge is 0.433 e. The lowest BCUT2D eigenvalue weighted by Gasteiger charge is -2.37. The lowest BCUT2D eigenvalue weighted by molar-refractivity contribution is -0.535. The zero-order chi connectivity index (χ0) is 57.3. The maximum absolute atomic E-state index is 14.0. The molecule has 0 aliphatic carbocycles. The van der Waals surface area contributed by atoms with E-state index in [-0.39, 0.29) is 12.8 Å². The number of aliphatic hydroxyl groups is 5. The van der Waals surface area contributed by atoms with Crippen molar-refractivity contribution in [3.8, 4) is 0 Å². The van der Waals surface area contributed by atoms with Crippen LogP contribution >= 0.6 is 0 Å². The van der Waals surface area contributed by atoms with Crippen LogP contribution in [0.5, 0.6) is 0 Å². The van der Waals surface area contributed by atoms with Gasteiger partial charge in [-0.2, -0.15) is 123 Å². The third-order valence-electron chi connectivity index (χ3n) is 7.96. The Morgan fingerprint density at radius 3 is 0.639 bits per heavy atom. The van der Waals surface area contributed by atoms with Crippen LogP contribution in [0.3, 0.4) is 0 Å². The first-order chi connectivity index (χ1) is 31.8. The number of hydrogen-bond donors (Lipinski definition) is 5. The molecule has 0 radical (unpaired) electrons. The highest BCUT2D eigenvalue weighted by Crippen LogP contribution is 2.55. The van der Waals surface area contributed by atoms with E-state index in [1.165, 1.54) is 0 Å². The Balaban J connectivity index is 5.67. The lowest BCUT2D eigenvalue weighted by atomic mass is 10.2. The van der Waals surface area contributed by atoms with Crippen molar-refractivity contribution in [3.05, 3.63) is 0 Å². The Hall–Kier alpha value is -2.48. The molecule has 0 aliphatic rings. The highest BCUT2D eigenvalue weighted by Gasteiger charge is 2.83. The summed E-state index contributed by atoms with van der Waals surface area (Å²) in [6, 6.07) is 0. The molecule has 0 aromatic heterocycles. The summed E-state index contributed by atoms with van der Waals surface area (Å²) < 4.78 is 410. The lowest BCUT2D eigenvalue weighted by Crippen LogP contribution is -2.63. The van der Waals surface area contributed by atoms with Gasteiger partial charge in [0.1, 0.15) is 32.5 Å². The molecule has 41 heteroatoms. The third-order valence-corrected chi connectivity index (χ3v) is 7.96. The normalized spacial score (nSPS) is 16.6. The molecule has 0 amide bonds. The van der Waals surface area contributed by atoms with Crippen molar-refractivity contribution in [1.82, 2.24) is 0 Å². The second-order valence-electron chi connectivity index (χ2n) is 14.3. The SMILES string of the molecule is OCCCC(O)COCC(F)(F)C(F)(F)OC(F)(F)C(F)(F)C(F)(F)OC(F)(F)C(F)(F)COCC(O)COCC(F)(F)C(F)(F)OC(F)(F)C(F)(F)C(F)(F)OC(F)(F)C(F)(F)COCC(O)CCCO. The highest BCUT2D eigenvalue weighted by atomic mass is 19.4. The van der Waals surface area contributed by atoms with Crippen LogP contribution in [-0.2, 0) is 37.9 Å². The molecule has 2 unspecified atom stereocenters. The monoisotopic (exact) mass is 1150 g/mol. The second kappa shape index (κ2) is 24.7. The predicted molar refractivity (Wildman–Crippen MR) is 168 cm³/mol. The zero-order valence-corrected chi connectivity index (χ0v) is 34.7. The van der Waals surface area contributed by atoms with Crippen molar-refractivity contribution in [1.29, 1.82) is 0 Å². The molecule has 0 rings (SSSR count). The second-order valence-corrected chi connectivity index (χ2v) is 14.3. The Bertz CT molecular complexity index is 1510. The average molecular weight is 1150 g/mol. The smallest absolute Gasteiger partial charge is 0.396 e. The molecular formula is C31H36F28O13. The van der Waals surface area contributed by atoms with Crippen molar-refractivity contribution < 1.29 is 186 Å². The number of halogens is 28. The van der Waals surface area contributed by atoms with Gasteiger partial charge < -0.3 is 44.5 Å². The van der Waals surface area contributed by atoms with Crippen molar-refractivity contribution in [3.63, 3.8) is 0 Å². The topological polar surface area (TPSA) is 175 Å². The predicted octanol–water partition coefficient (Wildman–Crippen LogP) is 7.30. The minimum Gasteiger partial charge on any atom is -0.396 e. The first-order valence-corrected chi connectivity index (χ1v) is 18.5. The van der Waals surface area contributed by atoms with Crippen LogP contribution in [0, 0.1) is 0 Å². The fraction of sp³-hybridized carbons (Fsp3) is 1.00. The van der Waals surface area contributed by atoms with Gasteiger partial charge in [0, 0.05) is 13.2 Å². The Kier molecular flexibility index (Phi) is 23.8. The van der Waals surface area contributed by atoms with Gasteiger partial charge in [-0.1, -0.05) is 0 Å². The van der Waals surface area contributed by atoms with Gasteiger partial charge >= 0.3 is 84.4 Å². The summed E-state index contributed by atoms with van der Waals surface area (Å²) in [7, 11) is 0. The Morgan fingerprint density at radius 2 is 0.458 bits per heavy atom. The van der Waals surface area contributed by atoms with Gasteiger partial charge in [0.05, 0.1) is 38.6 Å². The molecule has 0 aromatic rings. The Morgan fingerprint density at radius 1 is 0.278 bits per heavy atom. The molecule has 0 aliphatic heterocycles. The quantitative estimate of drug-likeness (QED) is 0.0390. The molecule has 5 N–H and O–H groups in total. The standard InChI is InChI=1S/C31H36F28O13/c32-18(33,11-65-7-15(62)3-1-5-60)24(44,45)69-28(52,53)22(40,41)30(56,57)71-26(48,49)20(36,37)13-67-9-17(64)10-68-14-21(38,39)27(50,51)72-31(58,59)23(42,43)29(54,55)70-25(46,47)19(34,35)12-66-8-16(63)4-2-6-61/h15-17,60-64H,1-14H2. The summed E-state index contributed by atoms with van der Waals surface area (Å²) in [5.41, 5.74) is 0. The molecule has 2 atom stereocenters. The number of ether oxygens (including phenoxy) is 8. The van der Waals surface area contributed by atoms with Crippen LogP contribution in [0.4, 0.5) is 123 Å². The number of hydrogen-bond acceptors (Lipinski definition) is 13. The molecule has 0 saturated heterocycles. The average Bonchev–Trinajstić information content (AvgIpc) is 3.16. The molecule has 0 aromatic carbocycles. The van der Waals surface area contributed by atoms with Gasteiger partial charge in [-0.25, -0.2) is 18.9 Å². The van der Waals surface area contributed by atoms with Gasteiger partial charge in [0.25, 0.3) is 0 Å². The van der Waals surface area contributed by atoms with E-state index >= 15 is 0 Å². The van der Waals surface area contributed by atoms with E-state index < -0.39 is 182 Å². The summed E-state index contributed by atoms with van der Waals surface area (Å²) in [6.07, 6.45) is -68.2. The number of aliphatic hydroxyl groups excluding tert-OH is 5.